The molecule has 0 bridgehead atoms. The predicted octanol–water partition coefficient (Wildman–Crippen LogP) is 1.97. The van der Waals surface area contributed by atoms with Crippen LogP contribution in [-0.2, 0) is 4.79 Å². The summed E-state index contributed by atoms with van der Waals surface area (Å²) >= 11 is 0. The lowest BCUT2D eigenvalue weighted by Crippen LogP contribution is -2.48. The molecule has 5 heteroatoms. The molecule has 0 spiro atoms. The van der Waals surface area contributed by atoms with E-state index in [0.717, 1.165) is 12.8 Å². The molecule has 0 aromatic heterocycles. The number of nitrogens with one attached hydrogen (secondary N) is 2. The van der Waals surface area contributed by atoms with Crippen molar-refractivity contribution in [3.8, 4) is 0 Å². The van der Waals surface area contributed by atoms with Gasteiger partial charge in [-0.05, 0) is 25.7 Å². The number of carbonyl (C=O) groups excluding carboxylic acids is 1. The number of aliphatic carboxylic acids is 1. The summed E-state index contributed by atoms with van der Waals surface area (Å²) in [5, 5.41) is 14.1. The summed E-state index contributed by atoms with van der Waals surface area (Å²) < 4.78 is 0. The van der Waals surface area contributed by atoms with Crippen molar-refractivity contribution in [1.82, 2.24) is 10.6 Å². The molecule has 0 saturated heterocycles. The van der Waals surface area contributed by atoms with E-state index in [2.05, 4.69) is 24.5 Å². The molecule has 0 aliphatic carbocycles. The molecule has 0 heterocycles. The first kappa shape index (κ1) is 15.7. The van der Waals surface area contributed by atoms with E-state index >= 15 is 0 Å². The molecule has 0 aliphatic rings. The first-order valence-corrected chi connectivity index (χ1v) is 6.16. The monoisotopic (exact) mass is 244 g/mol. The van der Waals surface area contributed by atoms with Gasteiger partial charge in [0.2, 0.25) is 0 Å². The Balaban J connectivity index is 4.09. The number of carboxylic acid groups (broad SMARTS) is 1. The molecular formula is C12H24N2O3. The minimum absolute atomic E-state index is 0.0473. The van der Waals surface area contributed by atoms with Gasteiger partial charge in [0.05, 0.1) is 0 Å². The van der Waals surface area contributed by atoms with Crippen LogP contribution in [0.15, 0.2) is 0 Å². The summed E-state index contributed by atoms with van der Waals surface area (Å²) in [5.41, 5.74) is 0. The lowest BCUT2D eigenvalue weighted by Gasteiger charge is -2.19. The summed E-state index contributed by atoms with van der Waals surface area (Å²) in [6, 6.07) is -1.16. The van der Waals surface area contributed by atoms with Gasteiger partial charge in [-0.15, -0.1) is 0 Å². The van der Waals surface area contributed by atoms with Crippen molar-refractivity contribution >= 4 is 12.0 Å². The Labute approximate surface area is 103 Å². The van der Waals surface area contributed by atoms with E-state index in [1.165, 1.54) is 0 Å². The molecule has 5 nitrogen and oxygen atoms in total. The first-order chi connectivity index (χ1) is 7.86. The number of hydrogen-bond donors (Lipinski definition) is 3. The smallest absolute Gasteiger partial charge is 0.326 e. The minimum atomic E-state index is -0.987. The highest BCUT2D eigenvalue weighted by molar-refractivity contribution is 5.82. The van der Waals surface area contributed by atoms with E-state index in [1.54, 1.807) is 0 Å². The number of hydrogen-bond acceptors (Lipinski definition) is 2. The average molecular weight is 244 g/mol. The average Bonchev–Trinajstić information content (AvgIpc) is 2.14. The maximum atomic E-state index is 11.5. The number of rotatable bonds is 7. The third-order valence-electron chi connectivity index (χ3n) is 2.38. The maximum Gasteiger partial charge on any atom is 0.326 e. The van der Waals surface area contributed by atoms with Gasteiger partial charge in [-0.1, -0.05) is 27.2 Å². The summed E-state index contributed by atoms with van der Waals surface area (Å²) in [4.78, 5) is 22.4. The maximum absolute atomic E-state index is 11.5. The lowest BCUT2D eigenvalue weighted by atomic mass is 10.1. The number of carboxylic acids is 1. The number of urea groups is 1. The van der Waals surface area contributed by atoms with Crippen LogP contribution in [0, 0.1) is 5.92 Å². The van der Waals surface area contributed by atoms with Gasteiger partial charge in [-0.2, -0.15) is 0 Å². The molecule has 2 atom stereocenters. The minimum Gasteiger partial charge on any atom is -0.480 e. The van der Waals surface area contributed by atoms with Crippen LogP contribution >= 0.6 is 0 Å². The molecule has 17 heavy (non-hydrogen) atoms. The molecule has 0 fully saturated rings. The van der Waals surface area contributed by atoms with Gasteiger partial charge in [-0.3, -0.25) is 0 Å². The van der Waals surface area contributed by atoms with Crippen LogP contribution < -0.4 is 10.6 Å². The zero-order valence-corrected chi connectivity index (χ0v) is 11.1. The zero-order valence-electron chi connectivity index (χ0n) is 11.1. The van der Waals surface area contributed by atoms with E-state index in [4.69, 9.17) is 5.11 Å². The fraction of sp³-hybridized carbons (Fsp3) is 0.833. The second-order valence-corrected chi connectivity index (χ2v) is 4.83. The van der Waals surface area contributed by atoms with E-state index in [-0.39, 0.29) is 6.04 Å². The Hall–Kier alpha value is -1.26. The molecule has 0 aromatic rings. The van der Waals surface area contributed by atoms with Crippen molar-refractivity contribution < 1.29 is 14.7 Å². The molecule has 0 radical (unpaired) electrons. The second-order valence-electron chi connectivity index (χ2n) is 4.83. The third-order valence-corrected chi connectivity index (χ3v) is 2.38. The van der Waals surface area contributed by atoms with E-state index in [9.17, 15) is 9.59 Å². The number of amides is 2. The Bertz CT molecular complexity index is 254. The number of carbonyl (C=O) groups is 2. The van der Waals surface area contributed by atoms with Crippen molar-refractivity contribution in [2.24, 2.45) is 5.92 Å². The quantitative estimate of drug-likeness (QED) is 0.640. The van der Waals surface area contributed by atoms with Gasteiger partial charge in [0.15, 0.2) is 0 Å². The molecule has 0 aliphatic heterocycles. The second kappa shape index (κ2) is 7.92. The Kier molecular flexibility index (Phi) is 7.34. The van der Waals surface area contributed by atoms with Crippen molar-refractivity contribution in [1.29, 1.82) is 0 Å². The summed E-state index contributed by atoms with van der Waals surface area (Å²) in [5.74, 6) is -0.491. The lowest BCUT2D eigenvalue weighted by molar-refractivity contribution is -0.139. The molecule has 2 unspecified atom stereocenters. The largest absolute Gasteiger partial charge is 0.480 e. The standard InChI is InChI=1S/C12H24N2O3/c1-5-6-10(11(15)16)14-12(17)13-9(4)7-8(2)3/h8-10H,5-7H2,1-4H3,(H,15,16)(H2,13,14,17). The molecule has 0 aromatic carbocycles. The molecule has 0 rings (SSSR count). The van der Waals surface area contributed by atoms with Crippen molar-refractivity contribution in [3.63, 3.8) is 0 Å². The highest BCUT2D eigenvalue weighted by atomic mass is 16.4. The highest BCUT2D eigenvalue weighted by Gasteiger charge is 2.19. The fourth-order valence-corrected chi connectivity index (χ4v) is 1.74. The normalized spacial score (nSPS) is 14.2. The molecular weight excluding hydrogens is 220 g/mol. The van der Waals surface area contributed by atoms with E-state index < -0.39 is 18.0 Å². The van der Waals surface area contributed by atoms with Crippen molar-refractivity contribution in [3.05, 3.63) is 0 Å². The first-order valence-electron chi connectivity index (χ1n) is 6.16. The van der Waals surface area contributed by atoms with Gasteiger partial charge in [0.1, 0.15) is 6.04 Å². The molecule has 3 N–H and O–H groups in total. The van der Waals surface area contributed by atoms with Crippen LogP contribution in [0.4, 0.5) is 4.79 Å². The fourth-order valence-electron chi connectivity index (χ4n) is 1.74. The van der Waals surface area contributed by atoms with Gasteiger partial charge >= 0.3 is 12.0 Å². The molecule has 100 valence electrons. The molecule has 0 saturated carbocycles. The van der Waals surface area contributed by atoms with Crippen LogP contribution in [0.1, 0.15) is 47.0 Å². The Morgan fingerprint density at radius 3 is 2.18 bits per heavy atom. The van der Waals surface area contributed by atoms with Gasteiger partial charge in [0, 0.05) is 6.04 Å². The summed E-state index contributed by atoms with van der Waals surface area (Å²) in [6.45, 7) is 7.95. The van der Waals surface area contributed by atoms with Gasteiger partial charge in [0.25, 0.3) is 0 Å². The topological polar surface area (TPSA) is 78.4 Å². The van der Waals surface area contributed by atoms with Gasteiger partial charge in [-0.25, -0.2) is 9.59 Å². The molecule has 2 amide bonds. The Morgan fingerprint density at radius 2 is 1.76 bits per heavy atom. The summed E-state index contributed by atoms with van der Waals surface area (Å²) in [6.07, 6.45) is 2.04. The van der Waals surface area contributed by atoms with Crippen molar-refractivity contribution in [2.75, 3.05) is 0 Å². The van der Waals surface area contributed by atoms with Crippen LogP contribution in [-0.4, -0.2) is 29.2 Å². The Morgan fingerprint density at radius 1 is 1.18 bits per heavy atom. The SMILES string of the molecule is CCCC(NC(=O)NC(C)CC(C)C)C(=O)O. The highest BCUT2D eigenvalue weighted by Crippen LogP contribution is 2.03. The van der Waals surface area contributed by atoms with Gasteiger partial charge < -0.3 is 15.7 Å². The van der Waals surface area contributed by atoms with Crippen molar-refractivity contribution in [2.45, 2.75) is 59.0 Å². The van der Waals surface area contributed by atoms with E-state index in [1.807, 2.05) is 13.8 Å². The third kappa shape index (κ3) is 7.60. The van der Waals surface area contributed by atoms with Crippen LogP contribution in [0.5, 0.6) is 0 Å². The summed E-state index contributed by atoms with van der Waals surface area (Å²) in [7, 11) is 0. The zero-order chi connectivity index (χ0) is 13.4. The van der Waals surface area contributed by atoms with Crippen LogP contribution in [0.25, 0.3) is 0 Å². The van der Waals surface area contributed by atoms with E-state index in [0.29, 0.717) is 12.3 Å². The predicted molar refractivity (Wildman–Crippen MR) is 66.9 cm³/mol. The van der Waals surface area contributed by atoms with Crippen LogP contribution in [0.2, 0.25) is 0 Å². The van der Waals surface area contributed by atoms with Crippen LogP contribution in [0.3, 0.4) is 0 Å².